The van der Waals surface area contributed by atoms with Gasteiger partial charge in [-0.1, -0.05) is 6.07 Å². The summed E-state index contributed by atoms with van der Waals surface area (Å²) in [6, 6.07) is 15.9. The van der Waals surface area contributed by atoms with Gasteiger partial charge in [0.05, 0.1) is 22.7 Å². The predicted molar refractivity (Wildman–Crippen MR) is 116 cm³/mol. The van der Waals surface area contributed by atoms with Gasteiger partial charge in [0.25, 0.3) is 5.69 Å². The van der Waals surface area contributed by atoms with Crippen LogP contribution in [0, 0.1) is 10.1 Å². The van der Waals surface area contributed by atoms with Crippen molar-refractivity contribution in [2.24, 2.45) is 0 Å². The summed E-state index contributed by atoms with van der Waals surface area (Å²) in [5, 5.41) is 24.3. The molecule has 2 N–H and O–H groups in total. The van der Waals surface area contributed by atoms with Crippen LogP contribution in [0.15, 0.2) is 67.0 Å². The Morgan fingerprint density at radius 2 is 1.97 bits per heavy atom. The molecular formula is C21H21N5O3S. The van der Waals surface area contributed by atoms with Crippen molar-refractivity contribution in [3.63, 3.8) is 0 Å². The molecule has 0 aliphatic carbocycles. The number of pyridine rings is 1. The zero-order chi connectivity index (χ0) is 21.1. The number of benzene rings is 1. The van der Waals surface area contributed by atoms with E-state index in [1.54, 1.807) is 18.3 Å². The zero-order valence-electron chi connectivity index (χ0n) is 16.1. The second kappa shape index (κ2) is 8.60. The monoisotopic (exact) mass is 423 g/mol. The molecule has 30 heavy (non-hydrogen) atoms. The van der Waals surface area contributed by atoms with Gasteiger partial charge in [-0.25, -0.2) is 0 Å². The number of nitrogens with zero attached hydrogens (tertiary/aromatic N) is 4. The number of hydrogen-bond acceptors (Lipinski definition) is 5. The van der Waals surface area contributed by atoms with E-state index in [4.69, 9.17) is 12.2 Å². The van der Waals surface area contributed by atoms with Crippen LogP contribution in [0.4, 0.5) is 5.69 Å². The topological polar surface area (TPSA) is 96.5 Å². The van der Waals surface area contributed by atoms with E-state index in [2.05, 4.69) is 15.2 Å². The molecule has 2 unspecified atom stereocenters. The lowest BCUT2D eigenvalue weighted by molar-refractivity contribution is -0.384. The Balaban J connectivity index is 1.76. The maximum absolute atomic E-state index is 11.0. The van der Waals surface area contributed by atoms with E-state index in [0.717, 1.165) is 17.1 Å². The van der Waals surface area contributed by atoms with Crippen molar-refractivity contribution < 1.29 is 10.0 Å². The molecule has 2 atom stereocenters. The van der Waals surface area contributed by atoms with Crippen molar-refractivity contribution in [3.05, 3.63) is 88.5 Å². The quantitative estimate of drug-likeness (QED) is 0.342. The molecule has 0 amide bonds. The van der Waals surface area contributed by atoms with Crippen LogP contribution in [0.1, 0.15) is 29.9 Å². The van der Waals surface area contributed by atoms with Crippen LogP contribution >= 0.6 is 12.2 Å². The summed E-state index contributed by atoms with van der Waals surface area (Å²) in [6.45, 7) is 0.672. The van der Waals surface area contributed by atoms with Gasteiger partial charge >= 0.3 is 0 Å². The van der Waals surface area contributed by atoms with Crippen molar-refractivity contribution in [3.8, 4) is 5.69 Å². The van der Waals surface area contributed by atoms with Crippen LogP contribution in [0.3, 0.4) is 0 Å². The van der Waals surface area contributed by atoms with E-state index >= 15 is 0 Å². The molecule has 3 heterocycles. The minimum Gasteiger partial charge on any atom is -0.396 e. The Morgan fingerprint density at radius 3 is 2.63 bits per heavy atom. The van der Waals surface area contributed by atoms with Gasteiger partial charge in [0.1, 0.15) is 0 Å². The molecule has 1 aliphatic heterocycles. The average molecular weight is 423 g/mol. The van der Waals surface area contributed by atoms with Crippen molar-refractivity contribution in [1.82, 2.24) is 19.8 Å². The fourth-order valence-corrected chi connectivity index (χ4v) is 4.15. The third kappa shape index (κ3) is 3.77. The molecule has 154 valence electrons. The molecule has 0 spiro atoms. The van der Waals surface area contributed by atoms with Gasteiger partial charge in [-0.3, -0.25) is 15.1 Å². The summed E-state index contributed by atoms with van der Waals surface area (Å²) in [4.78, 5) is 17.2. The van der Waals surface area contributed by atoms with Crippen LogP contribution in [-0.2, 0) is 0 Å². The van der Waals surface area contributed by atoms with E-state index in [9.17, 15) is 15.2 Å². The highest BCUT2D eigenvalue weighted by Crippen LogP contribution is 2.39. The summed E-state index contributed by atoms with van der Waals surface area (Å²) < 4.78 is 2.01. The van der Waals surface area contributed by atoms with E-state index in [1.165, 1.54) is 12.1 Å². The zero-order valence-corrected chi connectivity index (χ0v) is 16.9. The number of aliphatic hydroxyl groups is 1. The summed E-state index contributed by atoms with van der Waals surface area (Å²) in [5.41, 5.74) is 2.71. The van der Waals surface area contributed by atoms with Gasteiger partial charge in [-0.05, 0) is 55.0 Å². The lowest BCUT2D eigenvalue weighted by Gasteiger charge is -2.28. The van der Waals surface area contributed by atoms with E-state index in [1.807, 2.05) is 41.1 Å². The third-order valence-corrected chi connectivity index (χ3v) is 5.53. The molecule has 2 aromatic heterocycles. The smallest absolute Gasteiger partial charge is 0.269 e. The average Bonchev–Trinajstić information content (AvgIpc) is 3.37. The van der Waals surface area contributed by atoms with Gasteiger partial charge in [-0.15, -0.1) is 0 Å². The van der Waals surface area contributed by atoms with Crippen LogP contribution in [0.2, 0.25) is 0 Å². The van der Waals surface area contributed by atoms with Gasteiger partial charge in [0.15, 0.2) is 5.11 Å². The molecule has 4 rings (SSSR count). The largest absolute Gasteiger partial charge is 0.396 e. The van der Waals surface area contributed by atoms with Gasteiger partial charge in [0, 0.05) is 49.1 Å². The molecule has 0 radical (unpaired) electrons. The molecule has 0 saturated carbocycles. The first-order valence-corrected chi connectivity index (χ1v) is 10.0. The predicted octanol–water partition coefficient (Wildman–Crippen LogP) is 3.14. The standard InChI is InChI=1S/C21H21N5O3S/c27-14-4-13-25-20(19(23-21(25)30)17-5-1-2-11-22-17)18-6-3-12-24(18)15-7-9-16(10-8-15)26(28)29/h1-3,5-12,19-20,27H,4,13-14H2,(H,23,30). The number of non-ortho nitro benzene ring substituents is 1. The highest BCUT2D eigenvalue weighted by Gasteiger charge is 2.40. The molecule has 1 saturated heterocycles. The molecule has 1 aliphatic rings. The van der Waals surface area contributed by atoms with Gasteiger partial charge in [-0.2, -0.15) is 0 Å². The number of aliphatic hydroxyl groups excluding tert-OH is 1. The number of nitro benzene ring substituents is 1. The Bertz CT molecular complexity index is 1040. The fourth-order valence-electron chi connectivity index (χ4n) is 3.81. The molecule has 1 fully saturated rings. The summed E-state index contributed by atoms with van der Waals surface area (Å²) in [6.07, 6.45) is 4.27. The molecular weight excluding hydrogens is 402 g/mol. The molecule has 1 aromatic carbocycles. The maximum Gasteiger partial charge on any atom is 0.269 e. The normalized spacial score (nSPS) is 18.4. The number of hydrogen-bond donors (Lipinski definition) is 2. The van der Waals surface area contributed by atoms with Crippen LogP contribution in [0.5, 0.6) is 0 Å². The highest BCUT2D eigenvalue weighted by molar-refractivity contribution is 7.80. The van der Waals surface area contributed by atoms with Gasteiger partial charge < -0.3 is 19.9 Å². The fraction of sp³-hybridized carbons (Fsp3) is 0.238. The van der Waals surface area contributed by atoms with E-state index in [0.29, 0.717) is 18.1 Å². The lowest BCUT2D eigenvalue weighted by Crippen LogP contribution is -2.31. The Morgan fingerprint density at radius 1 is 1.17 bits per heavy atom. The Hall–Kier alpha value is -3.30. The van der Waals surface area contributed by atoms with Crippen LogP contribution < -0.4 is 5.32 Å². The molecule has 9 heteroatoms. The number of rotatable bonds is 7. The summed E-state index contributed by atoms with van der Waals surface area (Å²) in [7, 11) is 0. The molecule has 0 bridgehead atoms. The molecule has 8 nitrogen and oxygen atoms in total. The van der Waals surface area contributed by atoms with E-state index in [-0.39, 0.29) is 24.4 Å². The second-order valence-corrected chi connectivity index (χ2v) is 7.36. The SMILES string of the molecule is O=[N+]([O-])c1ccc(-n2cccc2C2C(c3ccccn3)NC(=S)N2CCCO)cc1. The molecule has 3 aromatic rings. The van der Waals surface area contributed by atoms with Gasteiger partial charge in [0.2, 0.25) is 0 Å². The minimum absolute atomic E-state index is 0.0482. The van der Waals surface area contributed by atoms with Crippen molar-refractivity contribution in [2.75, 3.05) is 13.2 Å². The first-order chi connectivity index (χ1) is 14.6. The van der Waals surface area contributed by atoms with Crippen LogP contribution in [-0.4, -0.2) is 42.7 Å². The summed E-state index contributed by atoms with van der Waals surface area (Å²) in [5.74, 6) is 0. The Labute approximate surface area is 178 Å². The number of nitro groups is 1. The number of aromatic nitrogens is 2. The van der Waals surface area contributed by atoms with Crippen LogP contribution in [0.25, 0.3) is 5.69 Å². The number of nitrogens with one attached hydrogen (secondary N) is 1. The number of thiocarbonyl (C=S) groups is 1. The van der Waals surface area contributed by atoms with Crippen molar-refractivity contribution in [1.29, 1.82) is 0 Å². The summed E-state index contributed by atoms with van der Waals surface area (Å²) >= 11 is 5.61. The third-order valence-electron chi connectivity index (χ3n) is 5.18. The van der Waals surface area contributed by atoms with Crippen molar-refractivity contribution in [2.45, 2.75) is 18.5 Å². The first-order valence-electron chi connectivity index (χ1n) is 9.61. The lowest BCUT2D eigenvalue weighted by atomic mass is 10.0. The maximum atomic E-state index is 11.0. The second-order valence-electron chi connectivity index (χ2n) is 6.97. The first kappa shape index (κ1) is 20.0. The Kier molecular flexibility index (Phi) is 5.73. The van der Waals surface area contributed by atoms with Crippen molar-refractivity contribution >= 4 is 23.0 Å². The minimum atomic E-state index is -0.409. The van der Waals surface area contributed by atoms with E-state index < -0.39 is 4.92 Å². The highest BCUT2D eigenvalue weighted by atomic mass is 32.1.